The Bertz CT molecular complexity index is 1180. The van der Waals surface area contributed by atoms with Crippen LogP contribution < -0.4 is 10.4 Å². The van der Waals surface area contributed by atoms with E-state index in [0.717, 1.165) is 0 Å². The van der Waals surface area contributed by atoms with E-state index < -0.39 is 5.97 Å². The van der Waals surface area contributed by atoms with Crippen LogP contribution in [-0.4, -0.2) is 39.1 Å². The minimum Gasteiger partial charge on any atom is -0.550 e. The summed E-state index contributed by atoms with van der Waals surface area (Å²) in [6, 6.07) is 13.9. The summed E-state index contributed by atoms with van der Waals surface area (Å²) < 4.78 is 1.41. The zero-order chi connectivity index (χ0) is 21.1. The summed E-state index contributed by atoms with van der Waals surface area (Å²) in [4.78, 5) is 37.0. The number of aliphatic carboxylic acids is 1. The second-order valence-electron chi connectivity index (χ2n) is 7.03. The predicted molar refractivity (Wildman–Crippen MR) is 107 cm³/mol. The molecule has 1 aliphatic rings. The zero-order valence-electron chi connectivity index (χ0n) is 16.1. The summed E-state index contributed by atoms with van der Waals surface area (Å²) in [7, 11) is 0. The Morgan fingerprint density at radius 3 is 2.40 bits per heavy atom. The minimum atomic E-state index is -1.07. The van der Waals surface area contributed by atoms with Gasteiger partial charge in [-0.25, -0.2) is 4.68 Å². The number of fused-ring (bicyclic) bond motifs is 2. The van der Waals surface area contributed by atoms with Crippen LogP contribution in [0.3, 0.4) is 0 Å². The monoisotopic (exact) mass is 403 g/mol. The molecule has 1 heterocycles. The van der Waals surface area contributed by atoms with Crippen molar-refractivity contribution in [2.75, 3.05) is 6.54 Å². The highest BCUT2D eigenvalue weighted by molar-refractivity contribution is 6.37. The molecular formula is C22H19N4O4-. The number of carboxylic acids is 1. The van der Waals surface area contributed by atoms with Gasteiger partial charge in [-0.1, -0.05) is 48.0 Å². The second-order valence-corrected chi connectivity index (χ2v) is 7.03. The number of hydrogen-bond acceptors (Lipinski definition) is 7. The first kappa shape index (κ1) is 19.5. The lowest BCUT2D eigenvalue weighted by Gasteiger charge is -2.22. The molecule has 0 unspecified atom stereocenters. The standard InChI is InChI=1S/C22H20N4O4/c27-18(28)12-2-1-7-13-23-19-20(26-17-11-6-5-10-16(17)24-25-26)22(30)15-9-4-3-8-14(15)21(19)29/h3-6,8-11,23H,1-2,7,12-13H2,(H,27,28)/p-1. The van der Waals surface area contributed by atoms with E-state index in [1.54, 1.807) is 36.4 Å². The Morgan fingerprint density at radius 2 is 1.63 bits per heavy atom. The maximum absolute atomic E-state index is 13.3. The Balaban J connectivity index is 1.69. The van der Waals surface area contributed by atoms with E-state index in [0.29, 0.717) is 48.0 Å². The summed E-state index contributed by atoms with van der Waals surface area (Å²) in [5.74, 6) is -1.66. The number of Topliss-reactive ketones (excluding diaryl/α,β-unsaturated/α-hetero) is 2. The number of carbonyl (C=O) groups excluding carboxylic acids is 3. The number of rotatable bonds is 8. The van der Waals surface area contributed by atoms with Crippen LogP contribution in [0.25, 0.3) is 16.7 Å². The maximum Gasteiger partial charge on any atom is 0.214 e. The molecule has 1 aliphatic carbocycles. The van der Waals surface area contributed by atoms with Crippen LogP contribution in [0.4, 0.5) is 0 Å². The molecule has 0 saturated heterocycles. The molecule has 8 nitrogen and oxygen atoms in total. The van der Waals surface area contributed by atoms with Crippen molar-refractivity contribution in [3.63, 3.8) is 0 Å². The molecule has 30 heavy (non-hydrogen) atoms. The third-order valence-corrected chi connectivity index (χ3v) is 5.02. The average Bonchev–Trinajstić information content (AvgIpc) is 3.17. The maximum atomic E-state index is 13.3. The van der Waals surface area contributed by atoms with Crippen LogP contribution in [0.1, 0.15) is 46.4 Å². The molecule has 152 valence electrons. The van der Waals surface area contributed by atoms with Crippen LogP contribution in [0, 0.1) is 0 Å². The second kappa shape index (κ2) is 8.28. The van der Waals surface area contributed by atoms with Crippen LogP contribution >= 0.6 is 0 Å². The lowest BCUT2D eigenvalue weighted by molar-refractivity contribution is -0.305. The van der Waals surface area contributed by atoms with Gasteiger partial charge in [-0.2, -0.15) is 0 Å². The fourth-order valence-corrected chi connectivity index (χ4v) is 3.55. The molecule has 0 aliphatic heterocycles. The first-order valence-corrected chi connectivity index (χ1v) is 9.75. The molecule has 0 radical (unpaired) electrons. The summed E-state index contributed by atoms with van der Waals surface area (Å²) in [6.07, 6.45) is 1.81. The minimum absolute atomic E-state index is 0.00365. The molecule has 1 aromatic heterocycles. The highest BCUT2D eigenvalue weighted by Crippen LogP contribution is 2.29. The van der Waals surface area contributed by atoms with E-state index in [9.17, 15) is 19.5 Å². The third-order valence-electron chi connectivity index (χ3n) is 5.02. The van der Waals surface area contributed by atoms with Gasteiger partial charge >= 0.3 is 0 Å². The molecule has 0 bridgehead atoms. The van der Waals surface area contributed by atoms with Gasteiger partial charge in [-0.15, -0.1) is 5.10 Å². The van der Waals surface area contributed by atoms with Crippen molar-refractivity contribution in [2.24, 2.45) is 0 Å². The quantitative estimate of drug-likeness (QED) is 0.568. The highest BCUT2D eigenvalue weighted by atomic mass is 16.4. The van der Waals surface area contributed by atoms with E-state index in [4.69, 9.17) is 0 Å². The lowest BCUT2D eigenvalue weighted by Crippen LogP contribution is -2.32. The number of carboxylic acid groups (broad SMARTS) is 1. The van der Waals surface area contributed by atoms with Gasteiger partial charge in [0.05, 0.1) is 5.52 Å². The molecular weight excluding hydrogens is 384 g/mol. The van der Waals surface area contributed by atoms with E-state index in [1.807, 2.05) is 12.1 Å². The number of para-hydroxylation sites is 1. The Labute approximate surface area is 172 Å². The van der Waals surface area contributed by atoms with Crippen molar-refractivity contribution in [1.29, 1.82) is 0 Å². The smallest absolute Gasteiger partial charge is 0.214 e. The summed E-state index contributed by atoms with van der Waals surface area (Å²) in [6.45, 7) is 0.416. The molecule has 0 atom stereocenters. The first-order chi connectivity index (χ1) is 14.6. The van der Waals surface area contributed by atoms with Crippen LogP contribution in [-0.2, 0) is 4.79 Å². The van der Waals surface area contributed by atoms with E-state index in [2.05, 4.69) is 15.6 Å². The number of ketones is 2. The number of carbonyl (C=O) groups is 3. The molecule has 0 saturated carbocycles. The molecule has 0 amide bonds. The predicted octanol–water partition coefficient (Wildman–Crippen LogP) is 1.58. The van der Waals surface area contributed by atoms with Crippen LogP contribution in [0.2, 0.25) is 0 Å². The normalized spacial score (nSPS) is 13.6. The number of hydrogen-bond donors (Lipinski definition) is 1. The SMILES string of the molecule is O=C([O-])CCCCCNC1=C(n2nnc3ccccc32)C(=O)c2ccccc2C1=O. The Kier molecular flexibility index (Phi) is 5.38. The van der Waals surface area contributed by atoms with Gasteiger partial charge in [0, 0.05) is 23.6 Å². The number of benzene rings is 2. The molecule has 0 fully saturated rings. The lowest BCUT2D eigenvalue weighted by atomic mass is 9.90. The number of allylic oxidation sites excluding steroid dienone is 2. The molecule has 4 rings (SSSR count). The van der Waals surface area contributed by atoms with Crippen molar-refractivity contribution >= 4 is 34.3 Å². The van der Waals surface area contributed by atoms with Gasteiger partial charge in [0.1, 0.15) is 16.9 Å². The van der Waals surface area contributed by atoms with E-state index in [1.165, 1.54) is 4.68 Å². The number of aromatic nitrogens is 3. The van der Waals surface area contributed by atoms with Crippen LogP contribution in [0.5, 0.6) is 0 Å². The molecule has 2 aromatic carbocycles. The van der Waals surface area contributed by atoms with Gasteiger partial charge in [0.25, 0.3) is 0 Å². The summed E-state index contributed by atoms with van der Waals surface area (Å²) in [5, 5.41) is 21.9. The zero-order valence-corrected chi connectivity index (χ0v) is 16.1. The molecule has 0 spiro atoms. The largest absolute Gasteiger partial charge is 0.550 e. The van der Waals surface area contributed by atoms with Gasteiger partial charge < -0.3 is 15.2 Å². The van der Waals surface area contributed by atoms with Crippen molar-refractivity contribution in [3.05, 3.63) is 65.4 Å². The molecule has 8 heteroatoms. The van der Waals surface area contributed by atoms with Gasteiger partial charge in [-0.05, 0) is 31.4 Å². The fraction of sp³-hybridized carbons (Fsp3) is 0.227. The topological polar surface area (TPSA) is 117 Å². The molecule has 3 aromatic rings. The van der Waals surface area contributed by atoms with Crippen LogP contribution in [0.15, 0.2) is 54.2 Å². The van der Waals surface area contributed by atoms with Gasteiger partial charge in [0.15, 0.2) is 0 Å². The van der Waals surface area contributed by atoms with Gasteiger partial charge in [0.2, 0.25) is 11.6 Å². The van der Waals surface area contributed by atoms with Crippen molar-refractivity contribution in [1.82, 2.24) is 20.3 Å². The first-order valence-electron chi connectivity index (χ1n) is 9.75. The van der Waals surface area contributed by atoms with E-state index in [-0.39, 0.29) is 29.4 Å². The number of nitrogens with zero attached hydrogens (tertiary/aromatic N) is 3. The Hall–Kier alpha value is -3.81. The van der Waals surface area contributed by atoms with Crippen molar-refractivity contribution in [2.45, 2.75) is 25.7 Å². The van der Waals surface area contributed by atoms with E-state index >= 15 is 0 Å². The van der Waals surface area contributed by atoms with Crippen molar-refractivity contribution < 1.29 is 19.5 Å². The highest BCUT2D eigenvalue weighted by Gasteiger charge is 2.34. The van der Waals surface area contributed by atoms with Crippen molar-refractivity contribution in [3.8, 4) is 0 Å². The fourth-order valence-electron chi connectivity index (χ4n) is 3.55. The van der Waals surface area contributed by atoms with Gasteiger partial charge in [-0.3, -0.25) is 9.59 Å². The third kappa shape index (κ3) is 3.59. The Morgan fingerprint density at radius 1 is 0.933 bits per heavy atom. The number of nitrogens with one attached hydrogen (secondary N) is 1. The summed E-state index contributed by atoms with van der Waals surface area (Å²) in [5.41, 5.74) is 2.23. The number of unbranched alkanes of at least 4 members (excludes halogenated alkanes) is 2. The summed E-state index contributed by atoms with van der Waals surface area (Å²) >= 11 is 0. The average molecular weight is 403 g/mol. The molecule has 1 N–H and O–H groups in total.